The Hall–Kier alpha value is -1.12. The van der Waals surface area contributed by atoms with Crippen LogP contribution in [0, 0.1) is 17.1 Å². The van der Waals surface area contributed by atoms with Crippen molar-refractivity contribution in [3.8, 4) is 11.8 Å². The third-order valence-corrected chi connectivity index (χ3v) is 3.66. The van der Waals surface area contributed by atoms with Crippen molar-refractivity contribution in [3.63, 3.8) is 0 Å². The van der Waals surface area contributed by atoms with Gasteiger partial charge in [-0.1, -0.05) is 0 Å². The lowest BCUT2D eigenvalue weighted by atomic mass is 10.2. The van der Waals surface area contributed by atoms with Gasteiger partial charge in [-0.25, -0.2) is 4.39 Å². The van der Waals surface area contributed by atoms with E-state index in [2.05, 4.69) is 15.9 Å². The lowest BCUT2D eigenvalue weighted by molar-refractivity contribution is 0.198. The summed E-state index contributed by atoms with van der Waals surface area (Å²) in [6.07, 6.45) is 2.47. The molecule has 0 bridgehead atoms. The highest BCUT2D eigenvalue weighted by Crippen LogP contribution is 2.31. The SMILES string of the molecule is N#Cc1ccc(OC2CCC(N)C2)c(F)c1Br. The topological polar surface area (TPSA) is 59.0 Å². The molecule has 0 heterocycles. The van der Waals surface area contributed by atoms with Gasteiger partial charge in [0.1, 0.15) is 12.2 Å². The zero-order valence-electron chi connectivity index (χ0n) is 9.12. The minimum Gasteiger partial charge on any atom is -0.487 e. The lowest BCUT2D eigenvalue weighted by Crippen LogP contribution is -2.19. The van der Waals surface area contributed by atoms with Crippen molar-refractivity contribution in [2.75, 3.05) is 0 Å². The fourth-order valence-corrected chi connectivity index (χ4v) is 2.39. The van der Waals surface area contributed by atoms with Crippen LogP contribution in [-0.2, 0) is 0 Å². The van der Waals surface area contributed by atoms with Crippen molar-refractivity contribution >= 4 is 15.9 Å². The first-order valence-corrected chi connectivity index (χ1v) is 6.21. The van der Waals surface area contributed by atoms with Gasteiger partial charge in [0, 0.05) is 6.04 Å². The second kappa shape index (κ2) is 5.03. The smallest absolute Gasteiger partial charge is 0.180 e. The summed E-state index contributed by atoms with van der Waals surface area (Å²) in [5.41, 5.74) is 6.03. The number of halogens is 2. The number of rotatable bonds is 2. The Morgan fingerprint density at radius 1 is 1.47 bits per heavy atom. The summed E-state index contributed by atoms with van der Waals surface area (Å²) >= 11 is 3.05. The van der Waals surface area contributed by atoms with Crippen molar-refractivity contribution in [1.82, 2.24) is 0 Å². The summed E-state index contributed by atoms with van der Waals surface area (Å²) in [5.74, 6) is -0.348. The Morgan fingerprint density at radius 2 is 2.24 bits per heavy atom. The normalized spacial score (nSPS) is 23.4. The first kappa shape index (κ1) is 12.3. The minimum absolute atomic E-state index is 0.0284. The monoisotopic (exact) mass is 298 g/mol. The molecule has 1 aliphatic rings. The van der Waals surface area contributed by atoms with Crippen molar-refractivity contribution in [2.24, 2.45) is 5.73 Å². The summed E-state index contributed by atoms with van der Waals surface area (Å²) < 4.78 is 19.6. The first-order chi connectivity index (χ1) is 8.11. The van der Waals surface area contributed by atoms with Crippen LogP contribution < -0.4 is 10.5 Å². The summed E-state index contributed by atoms with van der Waals surface area (Å²) in [5, 5.41) is 8.75. The predicted molar refractivity (Wildman–Crippen MR) is 65.1 cm³/mol. The van der Waals surface area contributed by atoms with Gasteiger partial charge >= 0.3 is 0 Å². The molecule has 0 spiro atoms. The molecular formula is C12H12BrFN2O. The Balaban J connectivity index is 2.17. The average molecular weight is 299 g/mol. The van der Waals surface area contributed by atoms with E-state index in [9.17, 15) is 4.39 Å². The maximum atomic E-state index is 13.8. The number of benzene rings is 1. The van der Waals surface area contributed by atoms with Gasteiger partial charge in [0.25, 0.3) is 0 Å². The summed E-state index contributed by atoms with van der Waals surface area (Å²) in [6.45, 7) is 0. The van der Waals surface area contributed by atoms with Gasteiger partial charge in [0.2, 0.25) is 0 Å². The molecule has 0 radical (unpaired) electrons. The van der Waals surface area contributed by atoms with Crippen LogP contribution >= 0.6 is 15.9 Å². The average Bonchev–Trinajstić information content (AvgIpc) is 2.71. The number of nitriles is 1. The van der Waals surface area contributed by atoms with E-state index in [0.29, 0.717) is 0 Å². The van der Waals surface area contributed by atoms with Crippen molar-refractivity contribution in [1.29, 1.82) is 5.26 Å². The zero-order chi connectivity index (χ0) is 12.4. The molecule has 1 aromatic carbocycles. The molecule has 0 saturated heterocycles. The molecule has 2 atom stereocenters. The minimum atomic E-state index is -0.524. The molecule has 1 aliphatic carbocycles. The molecule has 0 aliphatic heterocycles. The van der Waals surface area contributed by atoms with Crippen LogP contribution in [0.1, 0.15) is 24.8 Å². The molecule has 1 saturated carbocycles. The maximum Gasteiger partial charge on any atom is 0.180 e. The standard InChI is InChI=1S/C12H12BrFN2O/c13-11-7(6-15)1-4-10(12(11)14)17-9-3-2-8(16)5-9/h1,4,8-9H,2-3,5,16H2. The fourth-order valence-electron chi connectivity index (χ4n) is 1.97. The maximum absolute atomic E-state index is 13.8. The molecule has 1 aromatic rings. The Labute approximate surface area is 107 Å². The molecule has 2 N–H and O–H groups in total. The zero-order valence-corrected chi connectivity index (χ0v) is 10.7. The number of hydrogen-bond donors (Lipinski definition) is 1. The van der Waals surface area contributed by atoms with Gasteiger partial charge in [0.15, 0.2) is 11.6 Å². The summed E-state index contributed by atoms with van der Waals surface area (Å²) in [6, 6.07) is 5.07. The first-order valence-electron chi connectivity index (χ1n) is 5.42. The van der Waals surface area contributed by atoms with Crippen LogP contribution in [-0.4, -0.2) is 12.1 Å². The third kappa shape index (κ3) is 2.59. The van der Waals surface area contributed by atoms with E-state index < -0.39 is 5.82 Å². The van der Waals surface area contributed by atoms with Gasteiger partial charge in [-0.3, -0.25) is 0 Å². The van der Waals surface area contributed by atoms with E-state index in [0.717, 1.165) is 19.3 Å². The second-order valence-electron chi connectivity index (χ2n) is 4.16. The number of ether oxygens (including phenoxy) is 1. The van der Waals surface area contributed by atoms with Crippen LogP contribution in [0.25, 0.3) is 0 Å². The number of hydrogen-bond acceptors (Lipinski definition) is 3. The molecule has 3 nitrogen and oxygen atoms in total. The van der Waals surface area contributed by atoms with E-state index in [4.69, 9.17) is 15.7 Å². The van der Waals surface area contributed by atoms with Crippen LogP contribution in [0.3, 0.4) is 0 Å². The third-order valence-electron chi connectivity index (χ3n) is 2.89. The van der Waals surface area contributed by atoms with E-state index in [1.54, 1.807) is 0 Å². The van der Waals surface area contributed by atoms with Gasteiger partial charge < -0.3 is 10.5 Å². The number of nitrogens with two attached hydrogens (primary N) is 1. The van der Waals surface area contributed by atoms with E-state index in [1.807, 2.05) is 6.07 Å². The van der Waals surface area contributed by atoms with E-state index in [-0.39, 0.29) is 27.9 Å². The van der Waals surface area contributed by atoms with Crippen molar-refractivity contribution < 1.29 is 9.13 Å². The van der Waals surface area contributed by atoms with Crippen LogP contribution in [0.4, 0.5) is 4.39 Å². The molecule has 90 valence electrons. The quantitative estimate of drug-likeness (QED) is 0.913. The van der Waals surface area contributed by atoms with Crippen LogP contribution in [0.2, 0.25) is 0 Å². The molecule has 1 fully saturated rings. The van der Waals surface area contributed by atoms with Gasteiger partial charge in [0.05, 0.1) is 10.0 Å². The Morgan fingerprint density at radius 3 is 2.82 bits per heavy atom. The highest BCUT2D eigenvalue weighted by atomic mass is 79.9. The highest BCUT2D eigenvalue weighted by Gasteiger charge is 2.24. The van der Waals surface area contributed by atoms with Crippen molar-refractivity contribution in [3.05, 3.63) is 28.0 Å². The van der Waals surface area contributed by atoms with Gasteiger partial charge in [-0.2, -0.15) is 5.26 Å². The Bertz CT molecular complexity index is 472. The summed E-state index contributed by atoms with van der Waals surface area (Å²) in [7, 11) is 0. The molecule has 2 unspecified atom stereocenters. The molecular weight excluding hydrogens is 287 g/mol. The predicted octanol–water partition coefficient (Wildman–Crippen LogP) is 2.72. The molecule has 17 heavy (non-hydrogen) atoms. The lowest BCUT2D eigenvalue weighted by Gasteiger charge is -2.14. The molecule has 5 heteroatoms. The van der Waals surface area contributed by atoms with Gasteiger partial charge in [-0.15, -0.1) is 0 Å². The van der Waals surface area contributed by atoms with Crippen LogP contribution in [0.5, 0.6) is 5.75 Å². The largest absolute Gasteiger partial charge is 0.487 e. The van der Waals surface area contributed by atoms with Crippen molar-refractivity contribution in [2.45, 2.75) is 31.4 Å². The van der Waals surface area contributed by atoms with E-state index in [1.165, 1.54) is 12.1 Å². The van der Waals surface area contributed by atoms with Gasteiger partial charge in [-0.05, 0) is 47.3 Å². The fraction of sp³-hybridized carbons (Fsp3) is 0.417. The Kier molecular flexibility index (Phi) is 3.65. The summed E-state index contributed by atoms with van der Waals surface area (Å²) in [4.78, 5) is 0. The van der Waals surface area contributed by atoms with E-state index >= 15 is 0 Å². The second-order valence-corrected chi connectivity index (χ2v) is 4.96. The molecule has 0 amide bonds. The molecule has 2 rings (SSSR count). The highest BCUT2D eigenvalue weighted by molar-refractivity contribution is 9.10. The number of nitrogens with zero attached hydrogens (tertiary/aromatic N) is 1. The van der Waals surface area contributed by atoms with Crippen LogP contribution in [0.15, 0.2) is 16.6 Å². The molecule has 0 aromatic heterocycles.